The van der Waals surface area contributed by atoms with Crippen LogP contribution in [0.5, 0.6) is 0 Å². The fraction of sp³-hybridized carbons (Fsp3) is 0.286. The summed E-state index contributed by atoms with van der Waals surface area (Å²) in [4.78, 5) is 11.8. The minimum atomic E-state index is -3.83. The van der Waals surface area contributed by atoms with Crippen LogP contribution >= 0.6 is 0 Å². The van der Waals surface area contributed by atoms with Gasteiger partial charge in [0.1, 0.15) is 10.9 Å². The number of benzene rings is 1. The van der Waals surface area contributed by atoms with E-state index >= 15 is 0 Å². The Hall–Kier alpha value is -2.19. The highest BCUT2D eigenvalue weighted by atomic mass is 32.2. The summed E-state index contributed by atoms with van der Waals surface area (Å²) in [5, 5.41) is 3.89. The lowest BCUT2D eigenvalue weighted by Gasteiger charge is -2.33. The molecule has 3 rings (SSSR count). The number of nitrogens with zero attached hydrogens (tertiary/aromatic N) is 3. The molecule has 0 spiro atoms. The van der Waals surface area contributed by atoms with Crippen molar-refractivity contribution >= 4 is 15.9 Å². The highest BCUT2D eigenvalue weighted by Crippen LogP contribution is 2.28. The largest absolute Gasteiger partial charge is 0.368 e. The maximum atomic E-state index is 12.8. The van der Waals surface area contributed by atoms with Gasteiger partial charge in [0.2, 0.25) is 15.9 Å². The summed E-state index contributed by atoms with van der Waals surface area (Å²) in [5.74, 6) is -0.651. The van der Waals surface area contributed by atoms with Crippen molar-refractivity contribution in [2.24, 2.45) is 12.8 Å². The Labute approximate surface area is 128 Å². The Bertz CT molecular complexity index is 828. The molecule has 7 nitrogen and oxygen atoms in total. The molecule has 1 aliphatic heterocycles. The molecule has 2 aromatic rings. The second kappa shape index (κ2) is 5.22. The van der Waals surface area contributed by atoms with Crippen molar-refractivity contribution < 1.29 is 13.2 Å². The monoisotopic (exact) mass is 320 g/mol. The standard InChI is InChI=1S/C14H16N4O3S/c1-17-9-12(7-16-17)22(20,21)18-8-11-5-3-2-4-10(11)6-13(18)14(15)19/h2-5,7,9,13H,6,8H2,1H3,(H2,15,19)/t13-/m0/s1. The number of amides is 1. The van der Waals surface area contributed by atoms with Gasteiger partial charge in [-0.3, -0.25) is 9.48 Å². The van der Waals surface area contributed by atoms with E-state index in [1.165, 1.54) is 17.1 Å². The first-order chi connectivity index (χ1) is 10.4. The smallest absolute Gasteiger partial charge is 0.247 e. The number of aryl methyl sites for hydroxylation is 1. The van der Waals surface area contributed by atoms with Crippen molar-refractivity contribution in [2.75, 3.05) is 0 Å². The molecular weight excluding hydrogens is 304 g/mol. The molecule has 8 heteroatoms. The lowest BCUT2D eigenvalue weighted by Crippen LogP contribution is -2.50. The van der Waals surface area contributed by atoms with Gasteiger partial charge in [0.25, 0.3) is 0 Å². The zero-order valence-corrected chi connectivity index (χ0v) is 12.8. The van der Waals surface area contributed by atoms with Crippen LogP contribution in [0.1, 0.15) is 11.1 Å². The van der Waals surface area contributed by atoms with Gasteiger partial charge in [0.15, 0.2) is 0 Å². The molecule has 0 saturated carbocycles. The first kappa shape index (κ1) is 14.7. The molecular formula is C14H16N4O3S. The maximum Gasteiger partial charge on any atom is 0.247 e. The number of sulfonamides is 1. The first-order valence-electron chi connectivity index (χ1n) is 6.76. The highest BCUT2D eigenvalue weighted by molar-refractivity contribution is 7.89. The number of fused-ring (bicyclic) bond motifs is 1. The summed E-state index contributed by atoms with van der Waals surface area (Å²) >= 11 is 0. The number of rotatable bonds is 3. The molecule has 1 aromatic carbocycles. The van der Waals surface area contributed by atoms with Crippen molar-refractivity contribution in [2.45, 2.75) is 23.9 Å². The van der Waals surface area contributed by atoms with Crippen molar-refractivity contribution in [3.05, 3.63) is 47.8 Å². The van der Waals surface area contributed by atoms with Crippen molar-refractivity contribution in [1.29, 1.82) is 0 Å². The van der Waals surface area contributed by atoms with E-state index in [1.807, 2.05) is 24.3 Å². The van der Waals surface area contributed by atoms with Crippen LogP contribution in [0, 0.1) is 0 Å². The number of hydrogen-bond donors (Lipinski definition) is 1. The number of aromatic nitrogens is 2. The minimum absolute atomic E-state index is 0.0561. The summed E-state index contributed by atoms with van der Waals surface area (Å²) < 4.78 is 28.1. The van der Waals surface area contributed by atoms with Gasteiger partial charge in [-0.05, 0) is 17.5 Å². The van der Waals surface area contributed by atoms with Gasteiger partial charge in [-0.15, -0.1) is 0 Å². The van der Waals surface area contributed by atoms with Crippen LogP contribution in [0.4, 0.5) is 0 Å². The van der Waals surface area contributed by atoms with E-state index in [0.29, 0.717) is 0 Å². The maximum absolute atomic E-state index is 12.8. The number of carbonyl (C=O) groups is 1. The van der Waals surface area contributed by atoms with E-state index in [1.54, 1.807) is 7.05 Å². The fourth-order valence-corrected chi connectivity index (χ4v) is 4.22. The van der Waals surface area contributed by atoms with E-state index in [4.69, 9.17) is 5.73 Å². The lowest BCUT2D eigenvalue weighted by molar-refractivity contribution is -0.122. The number of primary amides is 1. The third-order valence-corrected chi connectivity index (χ3v) is 5.63. The molecule has 1 amide bonds. The Morgan fingerprint density at radius 3 is 2.59 bits per heavy atom. The molecule has 0 bridgehead atoms. The molecule has 0 fully saturated rings. The van der Waals surface area contributed by atoms with Gasteiger partial charge in [-0.2, -0.15) is 9.40 Å². The van der Waals surface area contributed by atoms with Gasteiger partial charge in [0, 0.05) is 19.8 Å². The van der Waals surface area contributed by atoms with E-state index in [9.17, 15) is 13.2 Å². The summed E-state index contributed by atoms with van der Waals surface area (Å²) in [7, 11) is -2.19. The first-order valence-corrected chi connectivity index (χ1v) is 8.20. The molecule has 0 aliphatic carbocycles. The van der Waals surface area contributed by atoms with E-state index in [0.717, 1.165) is 15.4 Å². The molecule has 0 radical (unpaired) electrons. The van der Waals surface area contributed by atoms with Crippen molar-refractivity contribution in [3.8, 4) is 0 Å². The average molecular weight is 320 g/mol. The normalized spacial score (nSPS) is 18.9. The van der Waals surface area contributed by atoms with Crippen molar-refractivity contribution in [3.63, 3.8) is 0 Å². The third kappa shape index (κ3) is 2.40. The van der Waals surface area contributed by atoms with Crippen LogP contribution in [0.25, 0.3) is 0 Å². The highest BCUT2D eigenvalue weighted by Gasteiger charge is 2.39. The molecule has 0 saturated heterocycles. The number of nitrogens with two attached hydrogens (primary N) is 1. The number of carbonyl (C=O) groups excluding carboxylic acids is 1. The lowest BCUT2D eigenvalue weighted by atomic mass is 9.96. The molecule has 1 aromatic heterocycles. The Morgan fingerprint density at radius 1 is 1.32 bits per heavy atom. The van der Waals surface area contributed by atoms with Crippen LogP contribution in [0.15, 0.2) is 41.6 Å². The molecule has 116 valence electrons. The molecule has 1 aliphatic rings. The van der Waals surface area contributed by atoms with Crippen LogP contribution in [-0.4, -0.2) is 34.5 Å². The predicted octanol–water partition coefficient (Wildman–Crippen LogP) is 0.0210. The minimum Gasteiger partial charge on any atom is -0.368 e. The van der Waals surface area contributed by atoms with Gasteiger partial charge in [-0.1, -0.05) is 24.3 Å². The van der Waals surface area contributed by atoms with Gasteiger partial charge < -0.3 is 5.73 Å². The molecule has 2 N–H and O–H groups in total. The molecule has 0 unspecified atom stereocenters. The molecule has 1 atom stereocenters. The quantitative estimate of drug-likeness (QED) is 0.862. The van der Waals surface area contributed by atoms with Crippen LogP contribution in [0.2, 0.25) is 0 Å². The Kier molecular flexibility index (Phi) is 3.50. The van der Waals surface area contributed by atoms with E-state index < -0.39 is 22.0 Å². The summed E-state index contributed by atoms with van der Waals surface area (Å²) in [6, 6.07) is 6.57. The third-order valence-electron chi connectivity index (χ3n) is 3.82. The van der Waals surface area contributed by atoms with Gasteiger partial charge in [0.05, 0.1) is 6.20 Å². The molecule has 2 heterocycles. The van der Waals surface area contributed by atoms with Gasteiger partial charge in [-0.25, -0.2) is 8.42 Å². The zero-order chi connectivity index (χ0) is 15.9. The Balaban J connectivity index is 2.06. The summed E-state index contributed by atoms with van der Waals surface area (Å²) in [5.41, 5.74) is 7.26. The summed E-state index contributed by atoms with van der Waals surface area (Å²) in [6.45, 7) is 0.126. The summed E-state index contributed by atoms with van der Waals surface area (Å²) in [6.07, 6.45) is 2.97. The van der Waals surface area contributed by atoms with Crippen molar-refractivity contribution in [1.82, 2.24) is 14.1 Å². The van der Waals surface area contributed by atoms with E-state index in [-0.39, 0.29) is 17.9 Å². The topological polar surface area (TPSA) is 98.3 Å². The average Bonchev–Trinajstić information content (AvgIpc) is 2.93. The number of hydrogen-bond acceptors (Lipinski definition) is 4. The second-order valence-corrected chi connectivity index (χ2v) is 7.18. The second-order valence-electron chi connectivity index (χ2n) is 5.29. The fourth-order valence-electron chi connectivity index (χ4n) is 2.66. The molecule has 22 heavy (non-hydrogen) atoms. The SMILES string of the molecule is Cn1cc(S(=O)(=O)N2Cc3ccccc3C[C@H]2C(N)=O)cn1. The van der Waals surface area contributed by atoms with Crippen LogP contribution in [0.3, 0.4) is 0 Å². The predicted molar refractivity (Wildman–Crippen MR) is 79.1 cm³/mol. The van der Waals surface area contributed by atoms with Gasteiger partial charge >= 0.3 is 0 Å². The van der Waals surface area contributed by atoms with E-state index in [2.05, 4.69) is 5.10 Å². The van der Waals surface area contributed by atoms with Crippen LogP contribution in [-0.2, 0) is 34.8 Å². The zero-order valence-electron chi connectivity index (χ0n) is 12.0. The van der Waals surface area contributed by atoms with Crippen LogP contribution < -0.4 is 5.73 Å². The Morgan fingerprint density at radius 2 is 2.00 bits per heavy atom.